The minimum atomic E-state index is 0.645. The van der Waals surface area contributed by atoms with E-state index in [-0.39, 0.29) is 0 Å². The summed E-state index contributed by atoms with van der Waals surface area (Å²) in [4.78, 5) is 0. The van der Waals surface area contributed by atoms with E-state index in [9.17, 15) is 0 Å². The van der Waals surface area contributed by atoms with Crippen LogP contribution in [-0.4, -0.2) is 21.1 Å². The van der Waals surface area contributed by atoms with Crippen molar-refractivity contribution in [2.75, 3.05) is 0 Å². The number of hydrogen-bond acceptors (Lipinski definition) is 5. The van der Waals surface area contributed by atoms with E-state index in [0.717, 1.165) is 10.6 Å². The molecule has 0 N–H and O–H groups in total. The molecular weight excluding hydrogens is 400 g/mol. The standard InChI is InChI=1S/C15H12BrClN4OS/c1-10-19-20-15(23-9-11-4-2-3-5-13(11)17)21(10)18-8-12-6-7-14(16)22-12/h2-8H,9H2,1H3/b18-8+. The van der Waals surface area contributed by atoms with Gasteiger partial charge in [0, 0.05) is 10.8 Å². The summed E-state index contributed by atoms with van der Waals surface area (Å²) in [7, 11) is 0. The van der Waals surface area contributed by atoms with Gasteiger partial charge in [-0.3, -0.25) is 0 Å². The molecule has 0 aliphatic heterocycles. The van der Waals surface area contributed by atoms with Gasteiger partial charge < -0.3 is 4.42 Å². The molecule has 0 bridgehead atoms. The number of halogens is 2. The molecule has 3 aromatic rings. The number of hydrogen-bond donors (Lipinski definition) is 0. The number of thioether (sulfide) groups is 1. The van der Waals surface area contributed by atoms with E-state index in [1.54, 1.807) is 10.9 Å². The lowest BCUT2D eigenvalue weighted by atomic mass is 10.2. The minimum Gasteiger partial charge on any atom is -0.448 e. The van der Waals surface area contributed by atoms with Gasteiger partial charge in [0.15, 0.2) is 10.5 Å². The van der Waals surface area contributed by atoms with Gasteiger partial charge in [0.2, 0.25) is 5.16 Å². The molecule has 0 aliphatic rings. The van der Waals surface area contributed by atoms with Gasteiger partial charge in [0.25, 0.3) is 0 Å². The number of aromatic nitrogens is 3. The Labute approximate surface area is 150 Å². The highest BCUT2D eigenvalue weighted by Crippen LogP contribution is 2.25. The van der Waals surface area contributed by atoms with E-state index in [1.165, 1.54) is 11.8 Å². The molecule has 0 saturated carbocycles. The molecule has 0 aliphatic carbocycles. The summed E-state index contributed by atoms with van der Waals surface area (Å²) >= 11 is 11.0. The molecule has 0 spiro atoms. The van der Waals surface area contributed by atoms with Gasteiger partial charge in [0.1, 0.15) is 5.76 Å². The number of furan rings is 1. The molecule has 2 aromatic heterocycles. The van der Waals surface area contributed by atoms with Crippen molar-refractivity contribution < 1.29 is 4.42 Å². The van der Waals surface area contributed by atoms with E-state index in [4.69, 9.17) is 16.0 Å². The second kappa shape index (κ2) is 7.33. The Morgan fingerprint density at radius 1 is 1.30 bits per heavy atom. The topological polar surface area (TPSA) is 56.2 Å². The van der Waals surface area contributed by atoms with Crippen molar-refractivity contribution in [2.45, 2.75) is 17.8 Å². The van der Waals surface area contributed by atoms with E-state index in [2.05, 4.69) is 31.2 Å². The number of aryl methyl sites for hydroxylation is 1. The number of rotatable bonds is 5. The van der Waals surface area contributed by atoms with Crippen molar-refractivity contribution in [1.82, 2.24) is 14.9 Å². The van der Waals surface area contributed by atoms with Crippen molar-refractivity contribution in [1.29, 1.82) is 0 Å². The third-order valence-corrected chi connectivity index (χ3v) is 4.74. The van der Waals surface area contributed by atoms with Crippen LogP contribution in [0.5, 0.6) is 0 Å². The molecule has 23 heavy (non-hydrogen) atoms. The first kappa shape index (κ1) is 16.3. The lowest BCUT2D eigenvalue weighted by molar-refractivity contribution is 0.533. The Morgan fingerprint density at radius 2 is 2.13 bits per heavy atom. The Hall–Kier alpha value is -1.57. The van der Waals surface area contributed by atoms with Gasteiger partial charge in [-0.15, -0.1) is 10.2 Å². The Kier molecular flexibility index (Phi) is 5.20. The van der Waals surface area contributed by atoms with Crippen molar-refractivity contribution in [3.05, 3.63) is 63.2 Å². The predicted molar refractivity (Wildman–Crippen MR) is 95.2 cm³/mol. The van der Waals surface area contributed by atoms with Crippen LogP contribution in [0.15, 0.2) is 55.7 Å². The van der Waals surface area contributed by atoms with Gasteiger partial charge in [-0.1, -0.05) is 41.6 Å². The monoisotopic (exact) mass is 410 g/mol. The van der Waals surface area contributed by atoms with Crippen LogP contribution >= 0.6 is 39.3 Å². The number of benzene rings is 1. The fourth-order valence-electron chi connectivity index (χ4n) is 1.83. The Bertz CT molecular complexity index is 846. The van der Waals surface area contributed by atoms with E-state index < -0.39 is 0 Å². The quantitative estimate of drug-likeness (QED) is 0.448. The zero-order valence-corrected chi connectivity index (χ0v) is 15.3. The third kappa shape index (κ3) is 4.04. The fourth-order valence-corrected chi connectivity index (χ4v) is 3.37. The molecule has 0 fully saturated rings. The molecule has 5 nitrogen and oxygen atoms in total. The third-order valence-electron chi connectivity index (χ3n) is 2.98. The van der Waals surface area contributed by atoms with Crippen LogP contribution in [0.4, 0.5) is 0 Å². The van der Waals surface area contributed by atoms with Crippen LogP contribution in [-0.2, 0) is 5.75 Å². The van der Waals surface area contributed by atoms with Crippen LogP contribution in [0.3, 0.4) is 0 Å². The summed E-state index contributed by atoms with van der Waals surface area (Å²) in [6.07, 6.45) is 1.63. The first-order valence-electron chi connectivity index (χ1n) is 6.71. The number of nitrogens with zero attached hydrogens (tertiary/aromatic N) is 4. The van der Waals surface area contributed by atoms with E-state index in [0.29, 0.717) is 27.2 Å². The first-order valence-corrected chi connectivity index (χ1v) is 8.87. The highest BCUT2D eigenvalue weighted by molar-refractivity contribution is 9.10. The fraction of sp³-hybridized carbons (Fsp3) is 0.133. The largest absolute Gasteiger partial charge is 0.448 e. The molecule has 0 radical (unpaired) electrons. The van der Waals surface area contributed by atoms with Crippen LogP contribution in [0.25, 0.3) is 0 Å². The lowest BCUT2D eigenvalue weighted by Gasteiger charge is -2.04. The van der Waals surface area contributed by atoms with Gasteiger partial charge >= 0.3 is 0 Å². The molecule has 3 rings (SSSR count). The van der Waals surface area contributed by atoms with Crippen molar-refractivity contribution in [3.63, 3.8) is 0 Å². The van der Waals surface area contributed by atoms with Gasteiger partial charge in [-0.2, -0.15) is 9.78 Å². The zero-order chi connectivity index (χ0) is 16.2. The maximum Gasteiger partial charge on any atom is 0.212 e. The average Bonchev–Trinajstić information content (AvgIpc) is 3.10. The van der Waals surface area contributed by atoms with Crippen LogP contribution < -0.4 is 0 Å². The maximum atomic E-state index is 6.18. The minimum absolute atomic E-state index is 0.645. The summed E-state index contributed by atoms with van der Waals surface area (Å²) in [6, 6.07) is 11.4. The summed E-state index contributed by atoms with van der Waals surface area (Å²) < 4.78 is 7.73. The molecular formula is C15H12BrClN4OS. The molecule has 2 heterocycles. The Morgan fingerprint density at radius 3 is 2.87 bits per heavy atom. The van der Waals surface area contributed by atoms with E-state index in [1.807, 2.05) is 43.3 Å². The summed E-state index contributed by atoms with van der Waals surface area (Å²) in [5.41, 5.74) is 1.05. The smallest absolute Gasteiger partial charge is 0.212 e. The summed E-state index contributed by atoms with van der Waals surface area (Å²) in [6.45, 7) is 1.85. The van der Waals surface area contributed by atoms with Crippen LogP contribution in [0, 0.1) is 6.92 Å². The molecule has 118 valence electrons. The van der Waals surface area contributed by atoms with Gasteiger partial charge in [-0.25, -0.2) is 0 Å². The zero-order valence-electron chi connectivity index (χ0n) is 12.1. The lowest BCUT2D eigenvalue weighted by Crippen LogP contribution is -1.96. The maximum absolute atomic E-state index is 6.18. The molecule has 0 unspecified atom stereocenters. The second-order valence-electron chi connectivity index (χ2n) is 4.61. The van der Waals surface area contributed by atoms with Crippen molar-refractivity contribution in [3.8, 4) is 0 Å². The summed E-state index contributed by atoms with van der Waals surface area (Å²) in [5, 5.41) is 14.1. The highest BCUT2D eigenvalue weighted by Gasteiger charge is 2.10. The normalized spacial score (nSPS) is 11.4. The second-order valence-corrected chi connectivity index (χ2v) is 6.74. The Balaban J connectivity index is 1.76. The SMILES string of the molecule is Cc1nnc(SCc2ccccc2Cl)n1/N=C/c1ccc(Br)o1. The summed E-state index contributed by atoms with van der Waals surface area (Å²) in [5.74, 6) is 2.04. The molecule has 8 heteroatoms. The molecule has 0 saturated heterocycles. The van der Waals surface area contributed by atoms with Crippen molar-refractivity contribution >= 4 is 45.5 Å². The highest BCUT2D eigenvalue weighted by atomic mass is 79.9. The molecule has 0 atom stereocenters. The molecule has 0 amide bonds. The van der Waals surface area contributed by atoms with Gasteiger partial charge in [0.05, 0.1) is 6.21 Å². The van der Waals surface area contributed by atoms with Crippen LogP contribution in [0.2, 0.25) is 5.02 Å². The van der Waals surface area contributed by atoms with E-state index >= 15 is 0 Å². The van der Waals surface area contributed by atoms with Gasteiger partial charge in [-0.05, 0) is 46.6 Å². The first-order chi connectivity index (χ1) is 11.1. The molecule has 1 aromatic carbocycles. The average molecular weight is 412 g/mol. The predicted octanol–water partition coefficient (Wildman–Crippen LogP) is 4.77. The van der Waals surface area contributed by atoms with Crippen molar-refractivity contribution in [2.24, 2.45) is 5.10 Å². The van der Waals surface area contributed by atoms with Crippen LogP contribution in [0.1, 0.15) is 17.1 Å².